The SMILES string of the molecule is Cc1onc(-c2ccccc2)c1-c1nnc(CSc2nnc(-c3ccco3)n2N)o1. The van der Waals surface area contributed by atoms with Crippen molar-refractivity contribution < 1.29 is 13.4 Å². The van der Waals surface area contributed by atoms with Gasteiger partial charge >= 0.3 is 0 Å². The topological polar surface area (TPSA) is 135 Å². The van der Waals surface area contributed by atoms with Crippen LogP contribution in [0.15, 0.2) is 67.2 Å². The van der Waals surface area contributed by atoms with Gasteiger partial charge in [0.2, 0.25) is 16.9 Å². The van der Waals surface area contributed by atoms with Gasteiger partial charge in [0, 0.05) is 5.56 Å². The molecule has 0 atom stereocenters. The van der Waals surface area contributed by atoms with Crippen LogP contribution >= 0.6 is 11.8 Å². The first-order chi connectivity index (χ1) is 14.7. The first kappa shape index (κ1) is 18.2. The zero-order valence-electron chi connectivity index (χ0n) is 15.7. The summed E-state index contributed by atoms with van der Waals surface area (Å²) < 4.78 is 17.9. The van der Waals surface area contributed by atoms with Gasteiger partial charge in [0.1, 0.15) is 17.0 Å². The number of nitrogen functional groups attached to an aromatic ring is 1. The van der Waals surface area contributed by atoms with Crippen molar-refractivity contribution in [3.05, 3.63) is 60.4 Å². The summed E-state index contributed by atoms with van der Waals surface area (Å²) in [6.45, 7) is 1.81. The van der Waals surface area contributed by atoms with Crippen molar-refractivity contribution in [2.75, 3.05) is 5.84 Å². The highest BCUT2D eigenvalue weighted by molar-refractivity contribution is 7.98. The summed E-state index contributed by atoms with van der Waals surface area (Å²) in [5.41, 5.74) is 2.23. The molecule has 5 rings (SSSR count). The Labute approximate surface area is 174 Å². The summed E-state index contributed by atoms with van der Waals surface area (Å²) in [5.74, 6) is 8.76. The van der Waals surface area contributed by atoms with Gasteiger partial charge in [0.15, 0.2) is 5.76 Å². The fourth-order valence-corrected chi connectivity index (χ4v) is 3.60. The molecule has 0 unspecified atom stereocenters. The third-order valence-electron chi connectivity index (χ3n) is 4.32. The number of hydrogen-bond acceptors (Lipinski definition) is 10. The number of hydrogen-bond donors (Lipinski definition) is 1. The van der Waals surface area contributed by atoms with E-state index in [1.807, 2.05) is 30.3 Å². The lowest BCUT2D eigenvalue weighted by molar-refractivity contribution is 0.399. The van der Waals surface area contributed by atoms with Gasteiger partial charge < -0.3 is 19.2 Å². The average Bonchev–Trinajstić information content (AvgIpc) is 3.55. The Morgan fingerprint density at radius 2 is 1.90 bits per heavy atom. The molecular weight excluding hydrogens is 406 g/mol. The van der Waals surface area contributed by atoms with Crippen molar-refractivity contribution in [3.63, 3.8) is 0 Å². The lowest BCUT2D eigenvalue weighted by Crippen LogP contribution is -2.11. The van der Waals surface area contributed by atoms with Crippen molar-refractivity contribution in [2.45, 2.75) is 17.8 Å². The van der Waals surface area contributed by atoms with E-state index in [2.05, 4.69) is 25.6 Å². The molecule has 0 bridgehead atoms. The largest absolute Gasteiger partial charge is 0.461 e. The van der Waals surface area contributed by atoms with Gasteiger partial charge in [-0.2, -0.15) is 0 Å². The van der Waals surface area contributed by atoms with Crippen LogP contribution in [-0.4, -0.2) is 30.2 Å². The molecule has 0 aliphatic rings. The number of thioether (sulfide) groups is 1. The fraction of sp³-hybridized carbons (Fsp3) is 0.105. The number of aromatic nitrogens is 6. The van der Waals surface area contributed by atoms with E-state index >= 15 is 0 Å². The highest BCUT2D eigenvalue weighted by Crippen LogP contribution is 2.34. The first-order valence-electron chi connectivity index (χ1n) is 8.92. The number of furan rings is 1. The summed E-state index contributed by atoms with van der Waals surface area (Å²) in [5, 5.41) is 21.1. The van der Waals surface area contributed by atoms with Gasteiger partial charge in [-0.3, -0.25) is 0 Å². The third-order valence-corrected chi connectivity index (χ3v) is 5.25. The Morgan fingerprint density at radius 1 is 1.03 bits per heavy atom. The van der Waals surface area contributed by atoms with Crippen LogP contribution in [0.5, 0.6) is 0 Å². The molecule has 1 aromatic carbocycles. The van der Waals surface area contributed by atoms with E-state index in [-0.39, 0.29) is 0 Å². The first-order valence-corrected chi connectivity index (χ1v) is 9.91. The normalized spacial score (nSPS) is 11.2. The number of rotatable bonds is 6. The van der Waals surface area contributed by atoms with Crippen LogP contribution in [0.25, 0.3) is 34.3 Å². The molecule has 2 N–H and O–H groups in total. The van der Waals surface area contributed by atoms with E-state index in [0.717, 1.165) is 5.56 Å². The second-order valence-electron chi connectivity index (χ2n) is 6.27. The van der Waals surface area contributed by atoms with E-state index < -0.39 is 0 Å². The predicted molar refractivity (Wildman–Crippen MR) is 107 cm³/mol. The molecule has 150 valence electrons. The maximum atomic E-state index is 6.07. The van der Waals surface area contributed by atoms with Gasteiger partial charge in [-0.15, -0.1) is 20.4 Å². The van der Waals surface area contributed by atoms with E-state index in [1.165, 1.54) is 16.4 Å². The zero-order chi connectivity index (χ0) is 20.5. The number of nitrogens with two attached hydrogens (primary N) is 1. The minimum Gasteiger partial charge on any atom is -0.461 e. The van der Waals surface area contributed by atoms with Crippen molar-refractivity contribution >= 4 is 11.8 Å². The highest BCUT2D eigenvalue weighted by atomic mass is 32.2. The van der Waals surface area contributed by atoms with Crippen molar-refractivity contribution in [1.29, 1.82) is 0 Å². The van der Waals surface area contributed by atoms with E-state index in [0.29, 0.717) is 51.3 Å². The second kappa shape index (κ2) is 7.52. The quantitative estimate of drug-likeness (QED) is 0.320. The van der Waals surface area contributed by atoms with Crippen LogP contribution in [0.4, 0.5) is 0 Å². The molecule has 0 spiro atoms. The van der Waals surface area contributed by atoms with Gasteiger partial charge in [0.05, 0.1) is 12.0 Å². The maximum absolute atomic E-state index is 6.07. The molecule has 0 radical (unpaired) electrons. The van der Waals surface area contributed by atoms with Crippen LogP contribution in [0.1, 0.15) is 11.7 Å². The van der Waals surface area contributed by atoms with Crippen LogP contribution in [-0.2, 0) is 5.75 Å². The molecule has 0 aliphatic carbocycles. The predicted octanol–water partition coefficient (Wildman–Crippen LogP) is 3.56. The molecule has 0 saturated carbocycles. The summed E-state index contributed by atoms with van der Waals surface area (Å²) in [6, 6.07) is 13.2. The molecule has 5 aromatic rings. The third kappa shape index (κ3) is 3.24. The Kier molecular flexibility index (Phi) is 4.56. The Hall–Kier alpha value is -3.86. The Balaban J connectivity index is 1.36. The van der Waals surface area contributed by atoms with Crippen molar-refractivity contribution in [1.82, 2.24) is 30.2 Å². The molecule has 0 saturated heterocycles. The average molecular weight is 421 g/mol. The molecular formula is C19H15N7O3S. The van der Waals surface area contributed by atoms with Gasteiger partial charge in [-0.25, -0.2) is 4.68 Å². The van der Waals surface area contributed by atoms with Crippen molar-refractivity contribution in [2.24, 2.45) is 0 Å². The molecule has 0 fully saturated rings. The smallest absolute Gasteiger partial charge is 0.253 e. The summed E-state index contributed by atoms with van der Waals surface area (Å²) in [6.07, 6.45) is 1.55. The van der Waals surface area contributed by atoms with E-state index in [1.54, 1.807) is 25.3 Å². The van der Waals surface area contributed by atoms with Gasteiger partial charge in [-0.05, 0) is 19.1 Å². The summed E-state index contributed by atoms with van der Waals surface area (Å²) >= 11 is 1.32. The minimum atomic E-state index is 0.341. The molecule has 0 amide bonds. The lowest BCUT2D eigenvalue weighted by atomic mass is 10.1. The Morgan fingerprint density at radius 3 is 2.70 bits per heavy atom. The Bertz CT molecular complexity index is 1270. The van der Waals surface area contributed by atoms with Crippen LogP contribution in [0.3, 0.4) is 0 Å². The second-order valence-corrected chi connectivity index (χ2v) is 7.21. The van der Waals surface area contributed by atoms with Crippen LogP contribution < -0.4 is 5.84 Å². The van der Waals surface area contributed by atoms with E-state index in [9.17, 15) is 0 Å². The standard InChI is InChI=1S/C19H15N7O3S/c1-11-15(16(25-29-11)12-6-3-2-4-7-12)18-23-21-14(28-18)10-30-19-24-22-17(26(19)20)13-8-5-9-27-13/h2-9H,10,20H2,1H3. The highest BCUT2D eigenvalue weighted by Gasteiger charge is 2.22. The van der Waals surface area contributed by atoms with Crippen LogP contribution in [0, 0.1) is 6.92 Å². The summed E-state index contributed by atoms with van der Waals surface area (Å²) in [4.78, 5) is 0. The molecule has 4 aromatic heterocycles. The number of aryl methyl sites for hydroxylation is 1. The number of benzene rings is 1. The number of nitrogens with zero attached hydrogens (tertiary/aromatic N) is 6. The molecule has 30 heavy (non-hydrogen) atoms. The molecule has 4 heterocycles. The lowest BCUT2D eigenvalue weighted by Gasteiger charge is -2.00. The van der Waals surface area contributed by atoms with E-state index in [4.69, 9.17) is 19.2 Å². The molecule has 11 heteroatoms. The molecule has 10 nitrogen and oxygen atoms in total. The molecule has 0 aliphatic heterocycles. The van der Waals surface area contributed by atoms with Gasteiger partial charge in [-0.1, -0.05) is 47.3 Å². The van der Waals surface area contributed by atoms with Gasteiger partial charge in [0.25, 0.3) is 5.89 Å². The minimum absolute atomic E-state index is 0.341. The van der Waals surface area contributed by atoms with Crippen LogP contribution in [0.2, 0.25) is 0 Å². The zero-order valence-corrected chi connectivity index (χ0v) is 16.5. The summed E-state index contributed by atoms with van der Waals surface area (Å²) in [7, 11) is 0. The maximum Gasteiger partial charge on any atom is 0.253 e. The van der Waals surface area contributed by atoms with Crippen molar-refractivity contribution in [3.8, 4) is 34.3 Å². The monoisotopic (exact) mass is 421 g/mol. The fourth-order valence-electron chi connectivity index (χ4n) is 2.91.